The molecule has 1 atom stereocenters. The van der Waals surface area contributed by atoms with Crippen molar-refractivity contribution >= 4 is 17.7 Å². The summed E-state index contributed by atoms with van der Waals surface area (Å²) in [4.78, 5) is 13.2. The van der Waals surface area contributed by atoms with Gasteiger partial charge in [0.1, 0.15) is 0 Å². The van der Waals surface area contributed by atoms with Gasteiger partial charge in [-0.2, -0.15) is 0 Å². The van der Waals surface area contributed by atoms with Crippen molar-refractivity contribution < 1.29 is 9.53 Å². The van der Waals surface area contributed by atoms with Gasteiger partial charge in [0.15, 0.2) is 0 Å². The fourth-order valence-corrected chi connectivity index (χ4v) is 2.50. The Morgan fingerprint density at radius 3 is 2.83 bits per heavy atom. The van der Waals surface area contributed by atoms with E-state index in [9.17, 15) is 4.79 Å². The lowest BCUT2D eigenvalue weighted by molar-refractivity contribution is 0.0902. The molecule has 1 N–H and O–H groups in total. The molecule has 0 heterocycles. The Hall–Kier alpha value is -1.00. The van der Waals surface area contributed by atoms with Crippen LogP contribution in [0.1, 0.15) is 30.6 Å². The summed E-state index contributed by atoms with van der Waals surface area (Å²) in [5.74, 6) is 0.997. The Morgan fingerprint density at radius 1 is 1.44 bits per heavy atom. The minimum absolute atomic E-state index is 0.0201. The minimum atomic E-state index is -0.0289. The van der Waals surface area contributed by atoms with Gasteiger partial charge in [0.2, 0.25) is 0 Å². The molecule has 0 aromatic heterocycles. The second-order valence-electron chi connectivity index (χ2n) is 4.17. The maximum Gasteiger partial charge on any atom is 0.252 e. The molecule has 18 heavy (non-hydrogen) atoms. The average molecular weight is 267 g/mol. The highest BCUT2D eigenvalue weighted by Gasteiger charge is 2.13. The molecule has 0 aliphatic heterocycles. The smallest absolute Gasteiger partial charge is 0.252 e. The third kappa shape index (κ3) is 4.70. The first-order valence-corrected chi connectivity index (χ1v) is 7.19. The molecule has 1 aromatic carbocycles. The third-order valence-electron chi connectivity index (χ3n) is 2.39. The zero-order valence-electron chi connectivity index (χ0n) is 11.2. The van der Waals surface area contributed by atoms with Crippen LogP contribution in [0.3, 0.4) is 0 Å². The maximum atomic E-state index is 12.1. The van der Waals surface area contributed by atoms with Crippen molar-refractivity contribution in [1.82, 2.24) is 5.32 Å². The summed E-state index contributed by atoms with van der Waals surface area (Å²) in [6, 6.07) is 7.74. The van der Waals surface area contributed by atoms with Gasteiger partial charge < -0.3 is 10.1 Å². The monoisotopic (exact) mass is 267 g/mol. The molecule has 1 amide bonds. The number of carbonyl (C=O) groups is 1. The highest BCUT2D eigenvalue weighted by molar-refractivity contribution is 7.99. The van der Waals surface area contributed by atoms with E-state index in [1.807, 2.05) is 31.2 Å². The lowest BCUT2D eigenvalue weighted by Crippen LogP contribution is -2.35. The summed E-state index contributed by atoms with van der Waals surface area (Å²) >= 11 is 1.72. The van der Waals surface area contributed by atoms with Crippen molar-refractivity contribution in [2.24, 2.45) is 0 Å². The lowest BCUT2D eigenvalue weighted by atomic mass is 10.2. The van der Waals surface area contributed by atoms with Crippen molar-refractivity contribution in [3.63, 3.8) is 0 Å². The van der Waals surface area contributed by atoms with Gasteiger partial charge in [0.05, 0.1) is 12.2 Å². The number of benzene rings is 1. The Balaban J connectivity index is 2.71. The molecule has 1 rings (SSSR count). The average Bonchev–Trinajstić information content (AvgIpc) is 2.36. The Labute approximate surface area is 113 Å². The van der Waals surface area contributed by atoms with E-state index in [1.54, 1.807) is 18.9 Å². The lowest BCUT2D eigenvalue weighted by Gasteiger charge is -2.14. The topological polar surface area (TPSA) is 38.3 Å². The van der Waals surface area contributed by atoms with Crippen molar-refractivity contribution in [3.8, 4) is 0 Å². The van der Waals surface area contributed by atoms with Crippen molar-refractivity contribution in [3.05, 3.63) is 29.8 Å². The molecule has 0 radical (unpaired) electrons. The molecule has 0 spiro atoms. The van der Waals surface area contributed by atoms with E-state index in [1.165, 1.54) is 0 Å². The number of carbonyl (C=O) groups excluding carboxylic acids is 1. The van der Waals surface area contributed by atoms with Gasteiger partial charge in [-0.3, -0.25) is 4.79 Å². The van der Waals surface area contributed by atoms with Crippen LogP contribution in [0.25, 0.3) is 0 Å². The number of nitrogens with one attached hydrogen (secondary N) is 1. The molecule has 3 nitrogen and oxygen atoms in total. The quantitative estimate of drug-likeness (QED) is 0.772. The number of thioether (sulfide) groups is 1. The second-order valence-corrected chi connectivity index (χ2v) is 5.31. The van der Waals surface area contributed by atoms with Crippen LogP contribution in [0.2, 0.25) is 0 Å². The van der Waals surface area contributed by atoms with E-state index < -0.39 is 0 Å². The number of amides is 1. The Morgan fingerprint density at radius 2 is 2.17 bits per heavy atom. The molecule has 0 aliphatic rings. The summed E-state index contributed by atoms with van der Waals surface area (Å²) < 4.78 is 5.02. The van der Waals surface area contributed by atoms with Crippen LogP contribution in [-0.4, -0.2) is 31.4 Å². The van der Waals surface area contributed by atoms with Crippen LogP contribution in [0.15, 0.2) is 29.2 Å². The van der Waals surface area contributed by atoms with Gasteiger partial charge in [-0.1, -0.05) is 19.1 Å². The Bertz CT molecular complexity index is 382. The normalized spacial score (nSPS) is 12.2. The van der Waals surface area contributed by atoms with E-state index >= 15 is 0 Å². The van der Waals surface area contributed by atoms with E-state index in [0.717, 1.165) is 22.6 Å². The minimum Gasteiger partial charge on any atom is -0.383 e. The molecule has 4 heteroatoms. The first kappa shape index (κ1) is 15.1. The SMILES string of the molecule is CCCSc1ccccc1C(=O)NC(C)COC. The van der Waals surface area contributed by atoms with Gasteiger partial charge in [-0.25, -0.2) is 0 Å². The number of hydrogen-bond donors (Lipinski definition) is 1. The number of rotatable bonds is 7. The highest BCUT2D eigenvalue weighted by Crippen LogP contribution is 2.23. The van der Waals surface area contributed by atoms with Crippen LogP contribution in [0, 0.1) is 0 Å². The van der Waals surface area contributed by atoms with Crippen LogP contribution in [-0.2, 0) is 4.74 Å². The van der Waals surface area contributed by atoms with Crippen LogP contribution < -0.4 is 5.32 Å². The molecular weight excluding hydrogens is 246 g/mol. The summed E-state index contributed by atoms with van der Waals surface area (Å²) in [5.41, 5.74) is 0.749. The highest BCUT2D eigenvalue weighted by atomic mass is 32.2. The molecule has 100 valence electrons. The van der Waals surface area contributed by atoms with E-state index in [-0.39, 0.29) is 11.9 Å². The number of hydrogen-bond acceptors (Lipinski definition) is 3. The fourth-order valence-electron chi connectivity index (χ4n) is 1.59. The molecular formula is C14H21NO2S. The zero-order chi connectivity index (χ0) is 13.4. The second kappa shape index (κ2) is 8.16. The first-order valence-electron chi connectivity index (χ1n) is 6.20. The van der Waals surface area contributed by atoms with E-state index in [0.29, 0.717) is 6.61 Å². The molecule has 0 saturated heterocycles. The standard InChI is InChI=1S/C14H21NO2S/c1-4-9-18-13-8-6-5-7-12(13)14(16)15-11(2)10-17-3/h5-8,11H,4,9-10H2,1-3H3,(H,15,16). The molecule has 0 saturated carbocycles. The van der Waals surface area contributed by atoms with Crippen molar-refractivity contribution in [2.45, 2.75) is 31.2 Å². The van der Waals surface area contributed by atoms with Gasteiger partial charge in [0, 0.05) is 18.0 Å². The zero-order valence-corrected chi connectivity index (χ0v) is 12.0. The van der Waals surface area contributed by atoms with Crippen LogP contribution in [0.4, 0.5) is 0 Å². The summed E-state index contributed by atoms with van der Waals surface area (Å²) in [6.07, 6.45) is 1.10. The summed E-state index contributed by atoms with van der Waals surface area (Å²) in [7, 11) is 1.63. The molecule has 0 aliphatic carbocycles. The third-order valence-corrected chi connectivity index (χ3v) is 3.67. The maximum absolute atomic E-state index is 12.1. The summed E-state index contributed by atoms with van der Waals surface area (Å²) in [6.45, 7) is 4.59. The van der Waals surface area contributed by atoms with E-state index in [4.69, 9.17) is 4.74 Å². The fraction of sp³-hybridized carbons (Fsp3) is 0.500. The number of methoxy groups -OCH3 is 1. The molecule has 0 bridgehead atoms. The van der Waals surface area contributed by atoms with Gasteiger partial charge in [-0.05, 0) is 31.2 Å². The van der Waals surface area contributed by atoms with E-state index in [2.05, 4.69) is 12.2 Å². The predicted octanol–water partition coefficient (Wildman–Crippen LogP) is 2.95. The van der Waals surface area contributed by atoms with Gasteiger partial charge >= 0.3 is 0 Å². The predicted molar refractivity (Wildman–Crippen MR) is 76.3 cm³/mol. The molecule has 1 aromatic rings. The Kier molecular flexibility index (Phi) is 6.83. The largest absolute Gasteiger partial charge is 0.383 e. The first-order chi connectivity index (χ1) is 8.69. The van der Waals surface area contributed by atoms with Crippen molar-refractivity contribution in [1.29, 1.82) is 0 Å². The van der Waals surface area contributed by atoms with Gasteiger partial charge in [0.25, 0.3) is 5.91 Å². The van der Waals surface area contributed by atoms with Gasteiger partial charge in [-0.15, -0.1) is 11.8 Å². The number of ether oxygens (including phenoxy) is 1. The van der Waals surface area contributed by atoms with Crippen molar-refractivity contribution in [2.75, 3.05) is 19.5 Å². The van der Waals surface area contributed by atoms with Crippen LogP contribution >= 0.6 is 11.8 Å². The molecule has 1 unspecified atom stereocenters. The summed E-state index contributed by atoms with van der Waals surface area (Å²) in [5, 5.41) is 2.94. The van der Waals surface area contributed by atoms with Crippen LogP contribution in [0.5, 0.6) is 0 Å². The molecule has 0 fully saturated rings.